The third-order valence-electron chi connectivity index (χ3n) is 4.16. The number of hydrogen-bond acceptors (Lipinski definition) is 4. The first-order valence-electron chi connectivity index (χ1n) is 7.91. The van der Waals surface area contributed by atoms with Crippen LogP contribution in [0, 0.1) is 0 Å². The second-order valence-electron chi connectivity index (χ2n) is 5.90. The van der Waals surface area contributed by atoms with Gasteiger partial charge in [0, 0.05) is 24.7 Å². The van der Waals surface area contributed by atoms with Crippen LogP contribution in [0.2, 0.25) is 0 Å². The SMILES string of the molecule is O=C(NC1CCN(C(=O)C(F)(F)F)CC1)c1ccc2c(c1)OCCO2. The summed E-state index contributed by atoms with van der Waals surface area (Å²) in [6.07, 6.45) is -4.31. The molecule has 9 heteroatoms. The van der Waals surface area contributed by atoms with E-state index in [1.54, 1.807) is 18.2 Å². The van der Waals surface area contributed by atoms with E-state index in [1.807, 2.05) is 0 Å². The molecule has 0 saturated carbocycles. The molecule has 1 fully saturated rings. The van der Waals surface area contributed by atoms with Crippen LogP contribution in [0.3, 0.4) is 0 Å². The molecule has 2 aliphatic heterocycles. The van der Waals surface area contributed by atoms with Gasteiger partial charge in [0.15, 0.2) is 11.5 Å². The first-order valence-corrected chi connectivity index (χ1v) is 7.91. The Bertz CT molecular complexity index is 670. The highest BCUT2D eigenvalue weighted by atomic mass is 19.4. The van der Waals surface area contributed by atoms with Crippen molar-refractivity contribution in [2.75, 3.05) is 26.3 Å². The predicted molar refractivity (Wildman–Crippen MR) is 80.6 cm³/mol. The number of ether oxygens (including phenoxy) is 2. The normalized spacial score (nSPS) is 18.0. The van der Waals surface area contributed by atoms with Crippen LogP contribution in [0.1, 0.15) is 23.2 Å². The van der Waals surface area contributed by atoms with Gasteiger partial charge in [0.1, 0.15) is 13.2 Å². The molecule has 25 heavy (non-hydrogen) atoms. The van der Waals surface area contributed by atoms with Crippen molar-refractivity contribution in [3.8, 4) is 11.5 Å². The van der Waals surface area contributed by atoms with Gasteiger partial charge < -0.3 is 19.7 Å². The molecule has 0 radical (unpaired) electrons. The minimum absolute atomic E-state index is 0.0373. The highest BCUT2D eigenvalue weighted by molar-refractivity contribution is 5.95. The Morgan fingerprint density at radius 2 is 1.72 bits per heavy atom. The number of carbonyl (C=O) groups excluding carboxylic acids is 2. The molecule has 3 rings (SSSR count). The maximum absolute atomic E-state index is 12.4. The molecule has 1 aromatic rings. The first kappa shape index (κ1) is 17.4. The third-order valence-corrected chi connectivity index (χ3v) is 4.16. The molecule has 6 nitrogen and oxygen atoms in total. The molecule has 1 aromatic carbocycles. The van der Waals surface area contributed by atoms with Gasteiger partial charge in [-0.2, -0.15) is 13.2 Å². The van der Waals surface area contributed by atoms with Crippen molar-refractivity contribution in [1.29, 1.82) is 0 Å². The van der Waals surface area contributed by atoms with Crippen LogP contribution in [0.25, 0.3) is 0 Å². The number of piperidine rings is 1. The number of halogens is 3. The molecule has 0 spiro atoms. The predicted octanol–water partition coefficient (Wildman–Crippen LogP) is 1.74. The van der Waals surface area contributed by atoms with E-state index in [1.165, 1.54) is 0 Å². The fraction of sp³-hybridized carbons (Fsp3) is 0.500. The number of fused-ring (bicyclic) bond motifs is 1. The largest absolute Gasteiger partial charge is 0.486 e. The maximum atomic E-state index is 12.4. The average Bonchev–Trinajstić information content (AvgIpc) is 2.60. The van der Waals surface area contributed by atoms with Crippen molar-refractivity contribution in [2.45, 2.75) is 25.1 Å². The number of nitrogens with zero attached hydrogens (tertiary/aromatic N) is 1. The third kappa shape index (κ3) is 3.97. The number of hydrogen-bond donors (Lipinski definition) is 1. The van der Waals surface area contributed by atoms with Gasteiger partial charge in [0.2, 0.25) is 0 Å². The monoisotopic (exact) mass is 358 g/mol. The Kier molecular flexibility index (Phi) is 4.73. The summed E-state index contributed by atoms with van der Waals surface area (Å²) in [4.78, 5) is 24.3. The van der Waals surface area contributed by atoms with Crippen LogP contribution >= 0.6 is 0 Å². The van der Waals surface area contributed by atoms with Crippen molar-refractivity contribution in [2.24, 2.45) is 0 Å². The molecular formula is C16H17F3N2O4. The molecule has 0 bridgehead atoms. The van der Waals surface area contributed by atoms with Gasteiger partial charge in [-0.1, -0.05) is 0 Å². The lowest BCUT2D eigenvalue weighted by Gasteiger charge is -2.32. The van der Waals surface area contributed by atoms with E-state index in [0.717, 1.165) is 4.90 Å². The highest BCUT2D eigenvalue weighted by Crippen LogP contribution is 2.30. The summed E-state index contributed by atoms with van der Waals surface area (Å²) in [6.45, 7) is 0.784. The zero-order valence-electron chi connectivity index (χ0n) is 13.3. The minimum atomic E-state index is -4.86. The molecule has 2 amide bonds. The summed E-state index contributed by atoms with van der Waals surface area (Å²) in [6, 6.07) is 4.55. The Labute approximate surface area is 141 Å². The molecule has 0 aliphatic carbocycles. The van der Waals surface area contributed by atoms with E-state index >= 15 is 0 Å². The number of benzene rings is 1. The van der Waals surface area contributed by atoms with Crippen LogP contribution < -0.4 is 14.8 Å². The highest BCUT2D eigenvalue weighted by Gasteiger charge is 2.43. The molecule has 0 unspecified atom stereocenters. The summed E-state index contributed by atoms with van der Waals surface area (Å²) < 4.78 is 48.1. The van der Waals surface area contributed by atoms with Gasteiger partial charge in [-0.25, -0.2) is 0 Å². The van der Waals surface area contributed by atoms with Gasteiger partial charge in [-0.05, 0) is 31.0 Å². The summed E-state index contributed by atoms with van der Waals surface area (Å²) >= 11 is 0. The minimum Gasteiger partial charge on any atom is -0.486 e. The summed E-state index contributed by atoms with van der Waals surface area (Å²) in [5, 5.41) is 2.79. The van der Waals surface area contributed by atoms with E-state index in [9.17, 15) is 22.8 Å². The fourth-order valence-corrected chi connectivity index (χ4v) is 2.86. The van der Waals surface area contributed by atoms with E-state index in [-0.39, 0.29) is 37.9 Å². The van der Waals surface area contributed by atoms with E-state index in [2.05, 4.69) is 5.32 Å². The Morgan fingerprint density at radius 1 is 1.08 bits per heavy atom. The Morgan fingerprint density at radius 3 is 2.36 bits per heavy atom. The van der Waals surface area contributed by atoms with Crippen molar-refractivity contribution in [3.05, 3.63) is 23.8 Å². The fourth-order valence-electron chi connectivity index (χ4n) is 2.86. The van der Waals surface area contributed by atoms with Crippen molar-refractivity contribution in [1.82, 2.24) is 10.2 Å². The van der Waals surface area contributed by atoms with Crippen LogP contribution in [-0.2, 0) is 4.79 Å². The summed E-state index contributed by atoms with van der Waals surface area (Å²) in [5.41, 5.74) is 0.387. The van der Waals surface area contributed by atoms with Crippen molar-refractivity contribution in [3.63, 3.8) is 0 Å². The average molecular weight is 358 g/mol. The first-order chi connectivity index (χ1) is 11.8. The van der Waals surface area contributed by atoms with E-state index in [4.69, 9.17) is 9.47 Å². The van der Waals surface area contributed by atoms with Crippen molar-refractivity contribution < 1.29 is 32.2 Å². The summed E-state index contributed by atoms with van der Waals surface area (Å²) in [5.74, 6) is -1.10. The lowest BCUT2D eigenvalue weighted by atomic mass is 10.0. The number of alkyl halides is 3. The zero-order chi connectivity index (χ0) is 18.0. The smallest absolute Gasteiger partial charge is 0.471 e. The number of amides is 2. The number of likely N-dealkylation sites (tertiary alicyclic amines) is 1. The Balaban J connectivity index is 1.55. The Hall–Kier alpha value is -2.45. The number of rotatable bonds is 2. The van der Waals surface area contributed by atoms with Gasteiger partial charge in [0.05, 0.1) is 0 Å². The molecule has 136 valence electrons. The number of nitrogens with one attached hydrogen (secondary N) is 1. The van der Waals surface area contributed by atoms with Crippen LogP contribution in [0.15, 0.2) is 18.2 Å². The van der Waals surface area contributed by atoms with Crippen LogP contribution in [-0.4, -0.2) is 55.2 Å². The number of carbonyl (C=O) groups is 2. The van der Waals surface area contributed by atoms with Gasteiger partial charge >= 0.3 is 12.1 Å². The zero-order valence-corrected chi connectivity index (χ0v) is 13.3. The lowest BCUT2D eigenvalue weighted by molar-refractivity contribution is -0.186. The summed E-state index contributed by atoms with van der Waals surface area (Å²) in [7, 11) is 0. The van der Waals surface area contributed by atoms with Gasteiger partial charge in [-0.3, -0.25) is 9.59 Å². The molecule has 2 aliphatic rings. The van der Waals surface area contributed by atoms with Gasteiger partial charge in [-0.15, -0.1) is 0 Å². The molecule has 0 atom stereocenters. The molecular weight excluding hydrogens is 341 g/mol. The molecule has 2 heterocycles. The molecule has 1 saturated heterocycles. The lowest BCUT2D eigenvalue weighted by Crippen LogP contribution is -2.50. The van der Waals surface area contributed by atoms with Crippen molar-refractivity contribution >= 4 is 11.8 Å². The second kappa shape index (κ2) is 6.81. The van der Waals surface area contributed by atoms with E-state index in [0.29, 0.717) is 30.3 Å². The van der Waals surface area contributed by atoms with E-state index < -0.39 is 12.1 Å². The topological polar surface area (TPSA) is 67.9 Å². The maximum Gasteiger partial charge on any atom is 0.471 e. The van der Waals surface area contributed by atoms with Gasteiger partial charge in [0.25, 0.3) is 5.91 Å². The molecule has 1 N–H and O–H groups in total. The molecule has 0 aromatic heterocycles. The second-order valence-corrected chi connectivity index (χ2v) is 5.90. The standard InChI is InChI=1S/C16H17F3N2O4/c17-16(18,19)15(23)21-5-3-11(4-6-21)20-14(22)10-1-2-12-13(9-10)25-8-7-24-12/h1-2,9,11H,3-8H2,(H,20,22). The van der Waals surface area contributed by atoms with Crippen LogP contribution in [0.4, 0.5) is 13.2 Å². The quantitative estimate of drug-likeness (QED) is 0.875. The van der Waals surface area contributed by atoms with Crippen LogP contribution in [0.5, 0.6) is 11.5 Å².